The first-order valence-electron chi connectivity index (χ1n) is 5.14. The summed E-state index contributed by atoms with van der Waals surface area (Å²) in [5.41, 5.74) is 1.55. The maximum Gasteiger partial charge on any atom is 0.313 e. The summed E-state index contributed by atoms with van der Waals surface area (Å²) in [5.74, 6) is -1.14. The van der Waals surface area contributed by atoms with Gasteiger partial charge in [0.15, 0.2) is 0 Å². The first kappa shape index (κ1) is 12.5. The molecule has 4 nitrogen and oxygen atoms in total. The van der Waals surface area contributed by atoms with E-state index in [0.29, 0.717) is 5.56 Å². The van der Waals surface area contributed by atoms with Crippen LogP contribution in [0.4, 0.5) is 0 Å². The Kier molecular flexibility index (Phi) is 4.31. The fourth-order valence-electron chi connectivity index (χ4n) is 1.62. The molecule has 0 saturated carbocycles. The molecule has 0 amide bonds. The van der Waals surface area contributed by atoms with Gasteiger partial charge in [-0.05, 0) is 23.6 Å². The summed E-state index contributed by atoms with van der Waals surface area (Å²) in [4.78, 5) is 10.9. The fourth-order valence-corrected chi connectivity index (χ4v) is 1.62. The van der Waals surface area contributed by atoms with Gasteiger partial charge in [-0.25, -0.2) is 0 Å². The number of hydrogen-bond acceptors (Lipinski definition) is 3. The summed E-state index contributed by atoms with van der Waals surface area (Å²) in [6.07, 6.45) is 0.759. The molecule has 1 unspecified atom stereocenters. The monoisotopic (exact) mass is 224 g/mol. The van der Waals surface area contributed by atoms with Crippen molar-refractivity contribution >= 4 is 5.97 Å². The van der Waals surface area contributed by atoms with Crippen molar-refractivity contribution in [2.24, 2.45) is 0 Å². The maximum absolute atomic E-state index is 10.9. The Balaban J connectivity index is 3.11. The van der Waals surface area contributed by atoms with Crippen LogP contribution in [-0.2, 0) is 11.2 Å². The van der Waals surface area contributed by atoms with Crippen LogP contribution in [0.25, 0.3) is 0 Å². The number of aliphatic carboxylic acids is 1. The van der Waals surface area contributed by atoms with E-state index in [2.05, 4.69) is 0 Å². The number of hydrogen-bond donors (Lipinski definition) is 2. The molecule has 88 valence electrons. The Morgan fingerprint density at radius 2 is 2.19 bits per heavy atom. The molecule has 0 aliphatic heterocycles. The van der Waals surface area contributed by atoms with Crippen LogP contribution in [0.2, 0.25) is 0 Å². The number of carbonyl (C=O) groups is 1. The SMILES string of the molecule is CCc1cc(C(CO)C(=O)O)ccc1OC. The second-order valence-electron chi connectivity index (χ2n) is 3.50. The maximum atomic E-state index is 10.9. The van der Waals surface area contributed by atoms with Gasteiger partial charge in [0, 0.05) is 0 Å². The van der Waals surface area contributed by atoms with E-state index >= 15 is 0 Å². The predicted molar refractivity (Wildman–Crippen MR) is 59.8 cm³/mol. The van der Waals surface area contributed by atoms with Gasteiger partial charge in [-0.1, -0.05) is 19.1 Å². The highest BCUT2D eigenvalue weighted by molar-refractivity contribution is 5.76. The Morgan fingerprint density at radius 1 is 1.50 bits per heavy atom. The van der Waals surface area contributed by atoms with E-state index in [0.717, 1.165) is 17.7 Å². The number of carboxylic acid groups (broad SMARTS) is 1. The lowest BCUT2D eigenvalue weighted by molar-refractivity contribution is -0.139. The second kappa shape index (κ2) is 5.51. The molecule has 4 heteroatoms. The van der Waals surface area contributed by atoms with E-state index in [-0.39, 0.29) is 0 Å². The Morgan fingerprint density at radius 3 is 2.62 bits per heavy atom. The highest BCUT2D eigenvalue weighted by Gasteiger charge is 2.19. The van der Waals surface area contributed by atoms with Gasteiger partial charge in [0.1, 0.15) is 11.7 Å². The molecule has 1 rings (SSSR count). The average Bonchev–Trinajstić information content (AvgIpc) is 2.29. The molecule has 0 bridgehead atoms. The summed E-state index contributed by atoms with van der Waals surface area (Å²) in [5, 5.41) is 18.0. The Labute approximate surface area is 94.5 Å². The molecule has 16 heavy (non-hydrogen) atoms. The van der Waals surface area contributed by atoms with E-state index in [4.69, 9.17) is 14.9 Å². The van der Waals surface area contributed by atoms with E-state index in [9.17, 15) is 4.79 Å². The van der Waals surface area contributed by atoms with Gasteiger partial charge < -0.3 is 14.9 Å². The summed E-state index contributed by atoms with van der Waals surface area (Å²) in [6, 6.07) is 5.18. The zero-order valence-corrected chi connectivity index (χ0v) is 9.43. The number of methoxy groups -OCH3 is 1. The third kappa shape index (κ3) is 2.52. The van der Waals surface area contributed by atoms with E-state index in [1.54, 1.807) is 25.3 Å². The highest BCUT2D eigenvalue weighted by atomic mass is 16.5. The zero-order valence-electron chi connectivity index (χ0n) is 9.43. The minimum atomic E-state index is -1.02. The van der Waals surface area contributed by atoms with Gasteiger partial charge in [-0.3, -0.25) is 4.79 Å². The second-order valence-corrected chi connectivity index (χ2v) is 3.50. The summed E-state index contributed by atoms with van der Waals surface area (Å²) >= 11 is 0. The number of benzene rings is 1. The minimum Gasteiger partial charge on any atom is -0.496 e. The van der Waals surface area contributed by atoms with Gasteiger partial charge in [0.25, 0.3) is 0 Å². The Hall–Kier alpha value is -1.55. The summed E-state index contributed by atoms with van der Waals surface area (Å²) in [6.45, 7) is 1.57. The van der Waals surface area contributed by atoms with E-state index in [1.165, 1.54) is 0 Å². The molecule has 0 aliphatic carbocycles. The topological polar surface area (TPSA) is 66.8 Å². The standard InChI is InChI=1S/C12H16O4/c1-3-8-6-9(4-5-11(8)16-2)10(7-13)12(14)15/h4-6,10,13H,3,7H2,1-2H3,(H,14,15). The highest BCUT2D eigenvalue weighted by Crippen LogP contribution is 2.24. The fraction of sp³-hybridized carbons (Fsp3) is 0.417. The number of ether oxygens (including phenoxy) is 1. The molecule has 0 fully saturated rings. The Bertz CT molecular complexity index is 373. The number of aliphatic hydroxyl groups excluding tert-OH is 1. The van der Waals surface area contributed by atoms with Crippen LogP contribution in [0.15, 0.2) is 18.2 Å². The van der Waals surface area contributed by atoms with E-state index < -0.39 is 18.5 Å². The molecule has 1 aromatic carbocycles. The van der Waals surface area contributed by atoms with Crippen LogP contribution in [0, 0.1) is 0 Å². The molecule has 0 spiro atoms. The molecular formula is C12H16O4. The lowest BCUT2D eigenvalue weighted by Crippen LogP contribution is -2.15. The molecule has 2 N–H and O–H groups in total. The van der Waals surface area contributed by atoms with Crippen LogP contribution in [0.5, 0.6) is 5.75 Å². The third-order valence-electron chi connectivity index (χ3n) is 2.57. The molecule has 0 aromatic heterocycles. The summed E-state index contributed by atoms with van der Waals surface area (Å²) in [7, 11) is 1.58. The largest absolute Gasteiger partial charge is 0.496 e. The lowest BCUT2D eigenvalue weighted by Gasteiger charge is -2.13. The number of carboxylic acids is 1. The van der Waals surface area contributed by atoms with Gasteiger partial charge in [0.2, 0.25) is 0 Å². The summed E-state index contributed by atoms with van der Waals surface area (Å²) < 4.78 is 5.16. The van der Waals surface area contributed by atoms with Crippen LogP contribution >= 0.6 is 0 Å². The first-order chi connectivity index (χ1) is 7.63. The van der Waals surface area contributed by atoms with Gasteiger partial charge in [-0.2, -0.15) is 0 Å². The number of rotatable bonds is 5. The van der Waals surface area contributed by atoms with E-state index in [1.807, 2.05) is 6.92 Å². The quantitative estimate of drug-likeness (QED) is 0.793. The molecule has 1 aromatic rings. The zero-order chi connectivity index (χ0) is 12.1. The van der Waals surface area contributed by atoms with Gasteiger partial charge in [0.05, 0.1) is 13.7 Å². The molecule has 0 radical (unpaired) electrons. The van der Waals surface area contributed by atoms with Crippen molar-refractivity contribution in [3.05, 3.63) is 29.3 Å². The van der Waals surface area contributed by atoms with Crippen molar-refractivity contribution < 1.29 is 19.7 Å². The van der Waals surface area contributed by atoms with Crippen LogP contribution in [0.1, 0.15) is 24.0 Å². The van der Waals surface area contributed by atoms with Crippen molar-refractivity contribution in [3.63, 3.8) is 0 Å². The number of aliphatic hydroxyl groups is 1. The van der Waals surface area contributed by atoms with Crippen LogP contribution < -0.4 is 4.74 Å². The average molecular weight is 224 g/mol. The predicted octanol–water partition coefficient (Wildman–Crippen LogP) is 1.42. The van der Waals surface area contributed by atoms with Crippen molar-refractivity contribution in [1.82, 2.24) is 0 Å². The smallest absolute Gasteiger partial charge is 0.313 e. The minimum absolute atomic E-state index is 0.398. The van der Waals surface area contributed by atoms with Crippen molar-refractivity contribution in [2.45, 2.75) is 19.3 Å². The molecule has 0 aliphatic rings. The van der Waals surface area contributed by atoms with Crippen molar-refractivity contribution in [1.29, 1.82) is 0 Å². The van der Waals surface area contributed by atoms with Crippen LogP contribution in [0.3, 0.4) is 0 Å². The van der Waals surface area contributed by atoms with Crippen molar-refractivity contribution in [3.8, 4) is 5.75 Å². The van der Waals surface area contributed by atoms with Crippen molar-refractivity contribution in [2.75, 3.05) is 13.7 Å². The third-order valence-corrected chi connectivity index (χ3v) is 2.57. The first-order valence-corrected chi connectivity index (χ1v) is 5.14. The van der Waals surface area contributed by atoms with Gasteiger partial charge >= 0.3 is 5.97 Å². The molecule has 0 heterocycles. The van der Waals surface area contributed by atoms with Crippen LogP contribution in [-0.4, -0.2) is 29.9 Å². The van der Waals surface area contributed by atoms with Gasteiger partial charge in [-0.15, -0.1) is 0 Å². The lowest BCUT2D eigenvalue weighted by atomic mass is 9.97. The number of aryl methyl sites for hydroxylation is 1. The molecule has 1 atom stereocenters. The molecule has 0 saturated heterocycles. The normalized spacial score (nSPS) is 12.2. The molecular weight excluding hydrogens is 208 g/mol.